The first-order valence-corrected chi connectivity index (χ1v) is 9.35. The second kappa shape index (κ2) is 5.39. The van der Waals surface area contributed by atoms with E-state index in [1.54, 1.807) is 6.92 Å². The fraction of sp³-hybridized carbons (Fsp3) is 0.417. The van der Waals surface area contributed by atoms with E-state index in [0.29, 0.717) is 5.56 Å². The minimum absolute atomic E-state index is 0.127. The summed E-state index contributed by atoms with van der Waals surface area (Å²) in [5.74, 6) is -0.755. The number of sulfone groups is 1. The molecule has 0 fully saturated rings. The Labute approximate surface area is 124 Å². The lowest BCUT2D eigenvalue weighted by atomic mass is 10.1. The first kappa shape index (κ1) is 17.6. The molecule has 7 nitrogen and oxygen atoms in total. The van der Waals surface area contributed by atoms with Crippen molar-refractivity contribution >= 4 is 31.5 Å². The Morgan fingerprint density at radius 2 is 1.71 bits per heavy atom. The van der Waals surface area contributed by atoms with Crippen LogP contribution in [0.1, 0.15) is 19.4 Å². The van der Waals surface area contributed by atoms with Crippen LogP contribution in [-0.4, -0.2) is 33.7 Å². The smallest absolute Gasteiger partial charge is 0.245 e. The third kappa shape index (κ3) is 3.80. The largest absolute Gasteiger partial charge is 0.325 e. The predicted octanol–water partition coefficient (Wildman–Crippen LogP) is 0.404. The van der Waals surface area contributed by atoms with Gasteiger partial charge in [0.1, 0.15) is 4.75 Å². The number of nitrogens with one attached hydrogen (secondary N) is 1. The Morgan fingerprint density at radius 3 is 2.14 bits per heavy atom. The number of nitrogens with two attached hydrogens (primary N) is 1. The van der Waals surface area contributed by atoms with Gasteiger partial charge in [-0.1, -0.05) is 6.07 Å². The lowest BCUT2D eigenvalue weighted by molar-refractivity contribution is -0.117. The fourth-order valence-electron chi connectivity index (χ4n) is 1.43. The van der Waals surface area contributed by atoms with Crippen LogP contribution in [0.3, 0.4) is 0 Å². The van der Waals surface area contributed by atoms with E-state index in [-0.39, 0.29) is 10.6 Å². The van der Waals surface area contributed by atoms with E-state index in [9.17, 15) is 21.6 Å². The molecule has 0 saturated carbocycles. The highest BCUT2D eigenvalue weighted by molar-refractivity contribution is 7.92. The van der Waals surface area contributed by atoms with Gasteiger partial charge in [-0.25, -0.2) is 22.0 Å². The minimum Gasteiger partial charge on any atom is -0.325 e. The number of amides is 1. The normalized spacial score (nSPS) is 13.0. The summed E-state index contributed by atoms with van der Waals surface area (Å²) >= 11 is 0. The third-order valence-corrected chi connectivity index (χ3v) is 6.32. The quantitative estimate of drug-likeness (QED) is 0.825. The monoisotopic (exact) mass is 334 g/mol. The van der Waals surface area contributed by atoms with Gasteiger partial charge in [-0.2, -0.15) is 0 Å². The van der Waals surface area contributed by atoms with E-state index in [4.69, 9.17) is 5.14 Å². The predicted molar refractivity (Wildman–Crippen MR) is 80.1 cm³/mol. The zero-order chi connectivity index (χ0) is 16.6. The molecule has 0 spiro atoms. The Kier molecular flexibility index (Phi) is 4.52. The number of carbonyl (C=O) groups is 1. The zero-order valence-corrected chi connectivity index (χ0v) is 13.8. The van der Waals surface area contributed by atoms with Gasteiger partial charge in [0.05, 0.1) is 4.90 Å². The van der Waals surface area contributed by atoms with Crippen LogP contribution < -0.4 is 10.5 Å². The molecule has 0 aliphatic rings. The number of hydrogen-bond acceptors (Lipinski definition) is 5. The fourth-order valence-corrected chi connectivity index (χ4v) is 2.63. The molecule has 0 heterocycles. The second-order valence-electron chi connectivity index (χ2n) is 5.26. The molecule has 1 rings (SSSR count). The molecule has 0 aromatic heterocycles. The van der Waals surface area contributed by atoms with Gasteiger partial charge < -0.3 is 5.32 Å². The molecule has 0 saturated heterocycles. The summed E-state index contributed by atoms with van der Waals surface area (Å²) in [5, 5.41) is 7.47. The van der Waals surface area contributed by atoms with Crippen LogP contribution in [0.25, 0.3) is 0 Å². The van der Waals surface area contributed by atoms with Crippen LogP contribution in [0.15, 0.2) is 23.1 Å². The highest BCUT2D eigenvalue weighted by Gasteiger charge is 2.38. The van der Waals surface area contributed by atoms with E-state index in [2.05, 4.69) is 5.32 Å². The van der Waals surface area contributed by atoms with Crippen LogP contribution in [-0.2, 0) is 24.7 Å². The highest BCUT2D eigenvalue weighted by Crippen LogP contribution is 2.22. The van der Waals surface area contributed by atoms with Gasteiger partial charge in [0.15, 0.2) is 9.84 Å². The topological polar surface area (TPSA) is 123 Å². The average molecular weight is 334 g/mol. The van der Waals surface area contributed by atoms with Crippen molar-refractivity contribution in [2.24, 2.45) is 5.14 Å². The van der Waals surface area contributed by atoms with Gasteiger partial charge in [0.2, 0.25) is 15.9 Å². The summed E-state index contributed by atoms with van der Waals surface area (Å²) in [6.45, 7) is 4.10. The van der Waals surface area contributed by atoms with Gasteiger partial charge >= 0.3 is 0 Å². The van der Waals surface area contributed by atoms with Crippen LogP contribution in [0.2, 0.25) is 0 Å². The maximum atomic E-state index is 12.1. The molecule has 0 aliphatic carbocycles. The molecule has 0 radical (unpaired) electrons. The first-order valence-electron chi connectivity index (χ1n) is 5.91. The number of aryl methyl sites for hydroxylation is 1. The molecule has 1 aromatic carbocycles. The van der Waals surface area contributed by atoms with Crippen molar-refractivity contribution in [3.8, 4) is 0 Å². The number of benzene rings is 1. The SMILES string of the molecule is Cc1ccc(NC(=O)C(C)(C)S(C)(=O)=O)cc1S(N)(=O)=O. The molecule has 0 unspecified atom stereocenters. The van der Waals surface area contributed by atoms with Crippen molar-refractivity contribution in [2.75, 3.05) is 11.6 Å². The van der Waals surface area contributed by atoms with Crippen molar-refractivity contribution < 1.29 is 21.6 Å². The zero-order valence-electron chi connectivity index (χ0n) is 12.2. The van der Waals surface area contributed by atoms with Crippen LogP contribution in [0, 0.1) is 6.92 Å². The van der Waals surface area contributed by atoms with Crippen LogP contribution in [0.4, 0.5) is 5.69 Å². The summed E-state index contributed by atoms with van der Waals surface area (Å²) in [6.07, 6.45) is 0.956. The van der Waals surface area contributed by atoms with E-state index in [0.717, 1.165) is 6.26 Å². The first-order chi connectivity index (χ1) is 9.26. The molecule has 9 heteroatoms. The number of carbonyl (C=O) groups excluding carboxylic acids is 1. The molecule has 21 heavy (non-hydrogen) atoms. The van der Waals surface area contributed by atoms with E-state index in [1.807, 2.05) is 0 Å². The van der Waals surface area contributed by atoms with Gasteiger partial charge in [-0.15, -0.1) is 0 Å². The molecule has 0 bridgehead atoms. The number of rotatable bonds is 4. The molecular weight excluding hydrogens is 316 g/mol. The Bertz CT molecular complexity index is 780. The maximum Gasteiger partial charge on any atom is 0.245 e. The number of hydrogen-bond donors (Lipinski definition) is 2. The molecule has 1 amide bonds. The summed E-state index contributed by atoms with van der Waals surface area (Å²) in [7, 11) is -7.55. The molecule has 3 N–H and O–H groups in total. The maximum absolute atomic E-state index is 12.1. The third-order valence-electron chi connectivity index (χ3n) is 3.23. The molecule has 0 aliphatic heterocycles. The summed E-state index contributed by atoms with van der Waals surface area (Å²) < 4.78 is 44.4. The minimum atomic E-state index is -3.93. The average Bonchev–Trinajstić information content (AvgIpc) is 2.28. The van der Waals surface area contributed by atoms with Gasteiger partial charge in [0, 0.05) is 11.9 Å². The molecule has 1 aromatic rings. The highest BCUT2D eigenvalue weighted by atomic mass is 32.2. The van der Waals surface area contributed by atoms with E-state index >= 15 is 0 Å². The Hall–Kier alpha value is -1.45. The molecule has 0 atom stereocenters. The molecular formula is C12H18N2O5S2. The number of anilines is 1. The number of primary sulfonamides is 1. The lowest BCUT2D eigenvalue weighted by Crippen LogP contribution is -2.43. The van der Waals surface area contributed by atoms with Crippen molar-refractivity contribution in [3.05, 3.63) is 23.8 Å². The van der Waals surface area contributed by atoms with Crippen molar-refractivity contribution in [1.29, 1.82) is 0 Å². The Morgan fingerprint density at radius 1 is 1.19 bits per heavy atom. The van der Waals surface area contributed by atoms with Gasteiger partial charge in [-0.05, 0) is 38.5 Å². The Balaban J connectivity index is 3.20. The van der Waals surface area contributed by atoms with Crippen LogP contribution >= 0.6 is 0 Å². The molecule has 118 valence electrons. The second-order valence-corrected chi connectivity index (χ2v) is 9.36. The van der Waals surface area contributed by atoms with Crippen molar-refractivity contribution in [2.45, 2.75) is 30.4 Å². The van der Waals surface area contributed by atoms with Crippen molar-refractivity contribution in [1.82, 2.24) is 0 Å². The summed E-state index contributed by atoms with van der Waals surface area (Å²) in [4.78, 5) is 11.9. The van der Waals surface area contributed by atoms with E-state index in [1.165, 1.54) is 32.0 Å². The van der Waals surface area contributed by atoms with E-state index < -0.39 is 30.5 Å². The van der Waals surface area contributed by atoms with Crippen molar-refractivity contribution in [3.63, 3.8) is 0 Å². The van der Waals surface area contributed by atoms with Crippen LogP contribution in [0.5, 0.6) is 0 Å². The van der Waals surface area contributed by atoms with Gasteiger partial charge in [0.25, 0.3) is 0 Å². The standard InChI is InChI=1S/C12H18N2O5S2/c1-8-5-6-9(7-10(8)21(13,18)19)14-11(15)12(2,3)20(4,16)17/h5-7H,1-4H3,(H,14,15)(H2,13,18,19). The summed E-state index contributed by atoms with van der Waals surface area (Å²) in [6, 6.07) is 4.14. The summed E-state index contributed by atoms with van der Waals surface area (Å²) in [5.41, 5.74) is 0.587. The number of sulfonamides is 1. The van der Waals surface area contributed by atoms with Gasteiger partial charge in [-0.3, -0.25) is 4.79 Å². The lowest BCUT2D eigenvalue weighted by Gasteiger charge is -2.21.